The molecule has 2 aromatic heterocycles. The zero-order valence-corrected chi connectivity index (χ0v) is 18.4. The zero-order valence-electron chi connectivity index (χ0n) is 16.8. The Morgan fingerprint density at radius 3 is 2.73 bits per heavy atom. The highest BCUT2D eigenvalue weighted by Crippen LogP contribution is 2.28. The fourth-order valence-corrected chi connectivity index (χ4v) is 4.06. The molecule has 2 heterocycles. The van der Waals surface area contributed by atoms with Crippen LogP contribution in [0.1, 0.15) is 30.9 Å². The van der Waals surface area contributed by atoms with Gasteiger partial charge in [0.25, 0.3) is 11.9 Å². The highest BCUT2D eigenvalue weighted by molar-refractivity contribution is 7.15. The van der Waals surface area contributed by atoms with Crippen LogP contribution in [0.3, 0.4) is 0 Å². The number of thiazole rings is 1. The lowest BCUT2D eigenvalue weighted by Crippen LogP contribution is -2.21. The number of hydrogen-bond acceptors (Lipinski definition) is 5. The Bertz CT molecular complexity index is 1200. The van der Waals surface area contributed by atoms with E-state index in [4.69, 9.17) is 16.3 Å². The molecule has 0 aliphatic carbocycles. The van der Waals surface area contributed by atoms with Gasteiger partial charge in [0.05, 0.1) is 5.69 Å². The average molecular weight is 441 g/mol. The summed E-state index contributed by atoms with van der Waals surface area (Å²) in [6.45, 7) is 6.08. The summed E-state index contributed by atoms with van der Waals surface area (Å²) in [6.07, 6.45) is 0. The van der Waals surface area contributed by atoms with Crippen molar-refractivity contribution in [2.75, 3.05) is 11.9 Å². The summed E-state index contributed by atoms with van der Waals surface area (Å²) in [5.74, 6) is 0.969. The van der Waals surface area contributed by atoms with Gasteiger partial charge >= 0.3 is 0 Å². The topological polar surface area (TPSA) is 68.5 Å². The lowest BCUT2D eigenvalue weighted by atomic mass is 10.0. The first kappa shape index (κ1) is 20.4. The number of anilines is 1. The van der Waals surface area contributed by atoms with E-state index in [9.17, 15) is 4.79 Å². The fraction of sp³-hybridized carbons (Fsp3) is 0.227. The molecule has 0 atom stereocenters. The molecule has 8 heteroatoms. The summed E-state index contributed by atoms with van der Waals surface area (Å²) in [5, 5.41) is 9.78. The largest absolute Gasteiger partial charge is 0.483 e. The molecule has 1 N–H and O–H groups in total. The van der Waals surface area contributed by atoms with Crippen molar-refractivity contribution in [1.82, 2.24) is 14.6 Å². The number of aryl methyl sites for hydroxylation is 1. The molecular weight excluding hydrogens is 420 g/mol. The van der Waals surface area contributed by atoms with E-state index < -0.39 is 0 Å². The summed E-state index contributed by atoms with van der Waals surface area (Å²) < 4.78 is 7.50. The molecule has 4 aromatic rings. The van der Waals surface area contributed by atoms with Crippen molar-refractivity contribution in [3.05, 3.63) is 64.0 Å². The first-order valence-corrected chi connectivity index (χ1v) is 10.8. The van der Waals surface area contributed by atoms with Crippen LogP contribution in [0.4, 0.5) is 5.95 Å². The molecule has 0 saturated carbocycles. The van der Waals surface area contributed by atoms with Crippen LogP contribution in [0.2, 0.25) is 5.02 Å². The number of amides is 1. The van der Waals surface area contributed by atoms with Crippen LogP contribution < -0.4 is 10.1 Å². The summed E-state index contributed by atoms with van der Waals surface area (Å²) in [5.41, 5.74) is 4.01. The maximum atomic E-state index is 12.4. The Labute approximate surface area is 183 Å². The van der Waals surface area contributed by atoms with E-state index in [-0.39, 0.29) is 18.5 Å². The molecule has 0 aliphatic heterocycles. The molecule has 4 rings (SSSR count). The Morgan fingerprint density at radius 2 is 2.00 bits per heavy atom. The molecule has 0 aliphatic rings. The minimum Gasteiger partial charge on any atom is -0.483 e. The summed E-state index contributed by atoms with van der Waals surface area (Å²) in [6, 6.07) is 13.5. The number of ether oxygens (including phenoxy) is 1. The quantitative estimate of drug-likeness (QED) is 0.426. The number of carbonyl (C=O) groups is 1. The zero-order chi connectivity index (χ0) is 21.3. The van der Waals surface area contributed by atoms with Crippen molar-refractivity contribution in [3.8, 4) is 17.0 Å². The molecule has 0 unspecified atom stereocenters. The third-order valence-corrected chi connectivity index (χ3v) is 5.69. The Morgan fingerprint density at radius 1 is 1.23 bits per heavy atom. The molecule has 1 amide bonds. The Balaban J connectivity index is 1.47. The first-order chi connectivity index (χ1) is 14.4. The number of carbonyl (C=O) groups excluding carboxylic acids is 1. The van der Waals surface area contributed by atoms with Crippen molar-refractivity contribution in [2.24, 2.45) is 0 Å². The van der Waals surface area contributed by atoms with Crippen LogP contribution in [0, 0.1) is 6.92 Å². The number of benzene rings is 2. The van der Waals surface area contributed by atoms with Gasteiger partial charge in [0.2, 0.25) is 4.96 Å². The average Bonchev–Trinajstić information content (AvgIpc) is 3.27. The monoisotopic (exact) mass is 440 g/mol. The van der Waals surface area contributed by atoms with Gasteiger partial charge in [0.15, 0.2) is 6.61 Å². The molecule has 0 radical (unpaired) electrons. The van der Waals surface area contributed by atoms with Gasteiger partial charge in [-0.15, -0.1) is 16.4 Å². The predicted molar refractivity (Wildman–Crippen MR) is 121 cm³/mol. The summed E-state index contributed by atoms with van der Waals surface area (Å²) in [4.78, 5) is 17.5. The third-order valence-electron chi connectivity index (χ3n) is 4.62. The highest BCUT2D eigenvalue weighted by Gasteiger charge is 2.15. The third kappa shape index (κ3) is 4.32. The molecule has 0 bridgehead atoms. The second-order valence-corrected chi connectivity index (χ2v) is 8.56. The molecule has 6 nitrogen and oxygen atoms in total. The molecule has 0 spiro atoms. The van der Waals surface area contributed by atoms with Gasteiger partial charge in [-0.3, -0.25) is 10.1 Å². The van der Waals surface area contributed by atoms with E-state index in [0.29, 0.717) is 15.9 Å². The van der Waals surface area contributed by atoms with Crippen LogP contribution in [0.25, 0.3) is 16.2 Å². The van der Waals surface area contributed by atoms with Gasteiger partial charge in [0, 0.05) is 16.0 Å². The second-order valence-electron chi connectivity index (χ2n) is 7.29. The molecule has 0 saturated heterocycles. The Hall–Kier alpha value is -2.90. The van der Waals surface area contributed by atoms with Gasteiger partial charge in [-0.05, 0) is 42.2 Å². The van der Waals surface area contributed by atoms with Crippen molar-refractivity contribution in [2.45, 2.75) is 26.7 Å². The van der Waals surface area contributed by atoms with Crippen LogP contribution in [-0.2, 0) is 4.79 Å². The van der Waals surface area contributed by atoms with E-state index in [0.717, 1.165) is 28.1 Å². The van der Waals surface area contributed by atoms with Gasteiger partial charge < -0.3 is 4.74 Å². The number of halogens is 1. The second kappa shape index (κ2) is 8.45. The lowest BCUT2D eigenvalue weighted by molar-refractivity contribution is -0.118. The maximum Gasteiger partial charge on any atom is 0.264 e. The maximum absolute atomic E-state index is 12.4. The van der Waals surface area contributed by atoms with Gasteiger partial charge in [-0.1, -0.05) is 49.7 Å². The van der Waals surface area contributed by atoms with Gasteiger partial charge in [-0.25, -0.2) is 4.52 Å². The molecular formula is C22H21ClN4O2S. The van der Waals surface area contributed by atoms with Gasteiger partial charge in [0.1, 0.15) is 5.75 Å². The minimum absolute atomic E-state index is 0.111. The predicted octanol–water partition coefficient (Wildman–Crippen LogP) is 5.56. The first-order valence-electron chi connectivity index (χ1n) is 9.54. The number of nitrogens with zero attached hydrogens (tertiary/aromatic N) is 3. The fourth-order valence-electron chi connectivity index (χ4n) is 3.10. The van der Waals surface area contributed by atoms with E-state index in [2.05, 4.69) is 29.2 Å². The SMILES string of the molecule is Cc1ccc(C(C)C)c(OCC(=O)Nc2nc3scc(-c4ccc(Cl)cc4)n3n2)c1. The van der Waals surface area contributed by atoms with E-state index in [1.165, 1.54) is 11.3 Å². The summed E-state index contributed by atoms with van der Waals surface area (Å²) >= 11 is 7.42. The van der Waals surface area contributed by atoms with Crippen molar-refractivity contribution in [1.29, 1.82) is 0 Å². The molecule has 30 heavy (non-hydrogen) atoms. The number of rotatable bonds is 6. The molecule has 0 fully saturated rings. The van der Waals surface area contributed by atoms with Crippen molar-refractivity contribution < 1.29 is 9.53 Å². The van der Waals surface area contributed by atoms with Gasteiger partial charge in [-0.2, -0.15) is 4.98 Å². The van der Waals surface area contributed by atoms with Crippen molar-refractivity contribution >= 4 is 39.8 Å². The Kier molecular flexibility index (Phi) is 5.74. The van der Waals surface area contributed by atoms with Crippen LogP contribution >= 0.6 is 22.9 Å². The number of hydrogen-bond donors (Lipinski definition) is 1. The smallest absolute Gasteiger partial charge is 0.264 e. The lowest BCUT2D eigenvalue weighted by Gasteiger charge is -2.14. The normalized spacial score (nSPS) is 11.2. The standard InChI is InChI=1S/C22H21ClN4O2S/c1-13(2)17-9-4-14(3)10-19(17)29-11-20(28)24-21-25-22-27(26-21)18(12-30-22)15-5-7-16(23)8-6-15/h4-10,12-13H,11H2,1-3H3,(H,24,26,28). The van der Waals surface area contributed by atoms with Crippen LogP contribution in [0.5, 0.6) is 5.75 Å². The number of fused-ring (bicyclic) bond motifs is 1. The number of aromatic nitrogens is 3. The van der Waals surface area contributed by atoms with Crippen molar-refractivity contribution in [3.63, 3.8) is 0 Å². The molecule has 154 valence electrons. The van der Waals surface area contributed by atoms with E-state index in [1.54, 1.807) is 4.52 Å². The minimum atomic E-state index is -0.308. The summed E-state index contributed by atoms with van der Waals surface area (Å²) in [7, 11) is 0. The molecule has 2 aromatic carbocycles. The highest BCUT2D eigenvalue weighted by atomic mass is 35.5. The van der Waals surface area contributed by atoms with E-state index in [1.807, 2.05) is 54.8 Å². The van der Waals surface area contributed by atoms with Crippen LogP contribution in [0.15, 0.2) is 47.8 Å². The van der Waals surface area contributed by atoms with Crippen LogP contribution in [-0.4, -0.2) is 27.1 Å². The number of nitrogens with one attached hydrogen (secondary N) is 1. The van der Waals surface area contributed by atoms with E-state index >= 15 is 0 Å².